The summed E-state index contributed by atoms with van der Waals surface area (Å²) in [5, 5.41) is 0.644. The molecule has 0 aliphatic rings. The average Bonchev–Trinajstić information content (AvgIpc) is 2.84. The Morgan fingerprint density at radius 1 is 1.08 bits per heavy atom. The van der Waals surface area contributed by atoms with Gasteiger partial charge in [-0.3, -0.25) is 4.79 Å². The van der Waals surface area contributed by atoms with Crippen LogP contribution in [0.15, 0.2) is 48.5 Å². The molecule has 128 valence electrons. The van der Waals surface area contributed by atoms with Gasteiger partial charge in [-0.05, 0) is 43.2 Å². The third-order valence-corrected chi connectivity index (χ3v) is 4.85. The lowest BCUT2D eigenvalue weighted by atomic mass is 10.0. The van der Waals surface area contributed by atoms with E-state index in [1.807, 2.05) is 67.9 Å². The van der Waals surface area contributed by atoms with E-state index in [4.69, 9.17) is 17.3 Å². The maximum Gasteiger partial charge on any atom is 0.209 e. The van der Waals surface area contributed by atoms with Crippen molar-refractivity contribution in [1.82, 2.24) is 4.57 Å². The molecule has 0 amide bonds. The number of anilines is 1. The number of nitrogens with two attached hydrogens (primary N) is 1. The van der Waals surface area contributed by atoms with Crippen LogP contribution in [0.2, 0.25) is 5.02 Å². The fourth-order valence-electron chi connectivity index (χ4n) is 3.07. The molecule has 0 unspecified atom stereocenters. The Balaban J connectivity index is 1.95. The van der Waals surface area contributed by atoms with E-state index in [2.05, 4.69) is 0 Å². The van der Waals surface area contributed by atoms with Crippen molar-refractivity contribution in [3.05, 3.63) is 87.2 Å². The van der Waals surface area contributed by atoms with E-state index in [0.717, 1.165) is 22.4 Å². The molecule has 0 saturated heterocycles. The van der Waals surface area contributed by atoms with Gasteiger partial charge in [-0.1, -0.05) is 47.5 Å². The lowest BCUT2D eigenvalue weighted by Gasteiger charge is -2.10. The third-order valence-electron chi connectivity index (χ3n) is 4.50. The number of carbonyl (C=O) groups is 1. The maximum absolute atomic E-state index is 12.9. The first kappa shape index (κ1) is 17.3. The molecule has 25 heavy (non-hydrogen) atoms. The van der Waals surface area contributed by atoms with Gasteiger partial charge in [-0.25, -0.2) is 0 Å². The Kier molecular flexibility index (Phi) is 4.69. The van der Waals surface area contributed by atoms with Crippen molar-refractivity contribution in [3.63, 3.8) is 0 Å². The van der Waals surface area contributed by atoms with Crippen molar-refractivity contribution in [3.8, 4) is 0 Å². The monoisotopic (exact) mass is 352 g/mol. The van der Waals surface area contributed by atoms with Crippen LogP contribution < -0.4 is 5.73 Å². The van der Waals surface area contributed by atoms with E-state index >= 15 is 0 Å². The van der Waals surface area contributed by atoms with E-state index in [-0.39, 0.29) is 5.78 Å². The molecule has 0 fully saturated rings. The van der Waals surface area contributed by atoms with Crippen molar-refractivity contribution in [1.29, 1.82) is 0 Å². The normalized spacial score (nSPS) is 10.9. The van der Waals surface area contributed by atoms with Crippen molar-refractivity contribution in [2.75, 3.05) is 5.73 Å². The topological polar surface area (TPSA) is 48.0 Å². The zero-order valence-corrected chi connectivity index (χ0v) is 15.4. The summed E-state index contributed by atoms with van der Waals surface area (Å²) < 4.78 is 1.96. The Morgan fingerprint density at radius 2 is 1.76 bits per heavy atom. The quantitative estimate of drug-likeness (QED) is 0.546. The molecule has 2 N–H and O–H groups in total. The molecular weight excluding hydrogens is 332 g/mol. The predicted molar refractivity (Wildman–Crippen MR) is 103 cm³/mol. The molecule has 0 atom stereocenters. The number of aromatic nitrogens is 1. The average molecular weight is 353 g/mol. The fraction of sp³-hybridized carbons (Fsp3) is 0.190. The minimum absolute atomic E-state index is 0.0367. The molecule has 4 heteroatoms. The van der Waals surface area contributed by atoms with Gasteiger partial charge in [-0.2, -0.15) is 0 Å². The Bertz CT molecular complexity index is 939. The second-order valence-electron chi connectivity index (χ2n) is 6.45. The fourth-order valence-corrected chi connectivity index (χ4v) is 3.32. The van der Waals surface area contributed by atoms with Gasteiger partial charge >= 0.3 is 0 Å². The van der Waals surface area contributed by atoms with Crippen LogP contribution in [0.3, 0.4) is 0 Å². The molecule has 0 radical (unpaired) electrons. The zero-order chi connectivity index (χ0) is 18.1. The van der Waals surface area contributed by atoms with Gasteiger partial charge in [0.2, 0.25) is 5.78 Å². The number of nitrogens with zero attached hydrogens (tertiary/aromatic N) is 1. The predicted octanol–water partition coefficient (Wildman–Crippen LogP) is 4.70. The number of ketones is 1. The zero-order valence-electron chi connectivity index (χ0n) is 14.6. The van der Waals surface area contributed by atoms with Crippen LogP contribution in [0, 0.1) is 13.8 Å². The number of benzene rings is 2. The van der Waals surface area contributed by atoms with Gasteiger partial charge in [0.15, 0.2) is 0 Å². The van der Waals surface area contributed by atoms with Crippen LogP contribution in [0.4, 0.5) is 5.69 Å². The molecule has 0 aliphatic carbocycles. The van der Waals surface area contributed by atoms with E-state index in [9.17, 15) is 4.79 Å². The molecule has 0 spiro atoms. The molecule has 3 rings (SSSR count). The molecule has 2 aromatic carbocycles. The maximum atomic E-state index is 12.9. The second kappa shape index (κ2) is 6.77. The molecule has 3 aromatic rings. The molecule has 0 saturated carbocycles. The van der Waals surface area contributed by atoms with E-state index < -0.39 is 0 Å². The highest BCUT2D eigenvalue weighted by Crippen LogP contribution is 2.25. The minimum atomic E-state index is 0.0367. The Morgan fingerprint density at radius 3 is 2.40 bits per heavy atom. The summed E-state index contributed by atoms with van der Waals surface area (Å²) in [5.74, 6) is 0.0367. The highest BCUT2D eigenvalue weighted by molar-refractivity contribution is 6.31. The van der Waals surface area contributed by atoms with Gasteiger partial charge < -0.3 is 10.3 Å². The van der Waals surface area contributed by atoms with Gasteiger partial charge in [0, 0.05) is 35.4 Å². The molecule has 1 heterocycles. The van der Waals surface area contributed by atoms with Crippen LogP contribution in [0.1, 0.15) is 38.4 Å². The largest absolute Gasteiger partial charge is 0.399 e. The van der Waals surface area contributed by atoms with Crippen molar-refractivity contribution in [2.45, 2.75) is 20.3 Å². The number of hydrogen-bond acceptors (Lipinski definition) is 2. The smallest absolute Gasteiger partial charge is 0.209 e. The van der Waals surface area contributed by atoms with Crippen LogP contribution in [0.25, 0.3) is 0 Å². The summed E-state index contributed by atoms with van der Waals surface area (Å²) >= 11 is 6.30. The lowest BCUT2D eigenvalue weighted by molar-refractivity contribution is 0.103. The van der Waals surface area contributed by atoms with Gasteiger partial charge in [-0.15, -0.1) is 0 Å². The van der Waals surface area contributed by atoms with E-state index in [1.165, 1.54) is 0 Å². The first-order valence-electron chi connectivity index (χ1n) is 8.17. The SMILES string of the molecule is Cc1ccc(C(=O)c2c(C)cc(Cc3ccc(N)cc3Cl)n2C)cc1. The highest BCUT2D eigenvalue weighted by atomic mass is 35.5. The molecule has 0 bridgehead atoms. The standard InChI is InChI=1S/C21H21ClN2O/c1-13-4-6-15(7-5-13)21(25)20-14(2)10-18(24(20)3)11-16-8-9-17(23)12-19(16)22/h4-10,12H,11,23H2,1-3H3. The summed E-state index contributed by atoms with van der Waals surface area (Å²) in [6.07, 6.45) is 0.650. The highest BCUT2D eigenvalue weighted by Gasteiger charge is 2.19. The number of hydrogen-bond donors (Lipinski definition) is 1. The van der Waals surface area contributed by atoms with Crippen molar-refractivity contribution >= 4 is 23.1 Å². The summed E-state index contributed by atoms with van der Waals surface area (Å²) in [7, 11) is 1.93. The summed E-state index contributed by atoms with van der Waals surface area (Å²) in [6, 6.07) is 15.2. The number of rotatable bonds is 4. The van der Waals surface area contributed by atoms with Crippen LogP contribution in [-0.4, -0.2) is 10.4 Å². The number of carbonyl (C=O) groups excluding carboxylic acids is 1. The van der Waals surface area contributed by atoms with Crippen LogP contribution in [0.5, 0.6) is 0 Å². The number of aryl methyl sites for hydroxylation is 2. The first-order chi connectivity index (χ1) is 11.9. The Hall–Kier alpha value is -2.52. The van der Waals surface area contributed by atoms with Crippen LogP contribution in [-0.2, 0) is 13.5 Å². The Labute approximate surface area is 153 Å². The summed E-state index contributed by atoms with van der Waals surface area (Å²) in [6.45, 7) is 3.98. The minimum Gasteiger partial charge on any atom is -0.399 e. The summed E-state index contributed by atoms with van der Waals surface area (Å²) in [5.41, 5.74) is 12.0. The molecule has 0 aliphatic heterocycles. The van der Waals surface area contributed by atoms with Crippen molar-refractivity contribution in [2.24, 2.45) is 7.05 Å². The van der Waals surface area contributed by atoms with E-state index in [0.29, 0.717) is 28.4 Å². The summed E-state index contributed by atoms with van der Waals surface area (Å²) in [4.78, 5) is 12.9. The lowest BCUT2D eigenvalue weighted by Crippen LogP contribution is -2.10. The van der Waals surface area contributed by atoms with Gasteiger partial charge in [0.1, 0.15) is 0 Å². The third kappa shape index (κ3) is 3.47. The van der Waals surface area contributed by atoms with E-state index in [1.54, 1.807) is 6.07 Å². The molecule has 1 aromatic heterocycles. The first-order valence-corrected chi connectivity index (χ1v) is 8.55. The van der Waals surface area contributed by atoms with Crippen molar-refractivity contribution < 1.29 is 4.79 Å². The molecular formula is C21H21ClN2O. The number of nitrogen functional groups attached to an aromatic ring is 1. The second-order valence-corrected chi connectivity index (χ2v) is 6.86. The number of halogens is 1. The molecule has 3 nitrogen and oxygen atoms in total. The van der Waals surface area contributed by atoms with Crippen LogP contribution >= 0.6 is 11.6 Å². The van der Waals surface area contributed by atoms with Gasteiger partial charge in [0.25, 0.3) is 0 Å². The van der Waals surface area contributed by atoms with Gasteiger partial charge in [0.05, 0.1) is 5.69 Å².